The minimum atomic E-state index is -3.48. The van der Waals surface area contributed by atoms with E-state index in [0.29, 0.717) is 23.9 Å². The summed E-state index contributed by atoms with van der Waals surface area (Å²) in [6, 6.07) is 7.05. The molecule has 23 heavy (non-hydrogen) atoms. The predicted molar refractivity (Wildman–Crippen MR) is 92.2 cm³/mol. The Bertz CT molecular complexity index is 775. The minimum Gasteiger partial charge on any atom is -0.268 e. The van der Waals surface area contributed by atoms with Crippen LogP contribution in [0.4, 0.5) is 0 Å². The van der Waals surface area contributed by atoms with Crippen molar-refractivity contribution in [3.63, 3.8) is 0 Å². The SMILES string of the molecule is Cc1nn(CCNS(=O)(=O)c2ccc(C(C)C)cc2)c(C)c1C. The Morgan fingerprint density at radius 3 is 2.22 bits per heavy atom. The third kappa shape index (κ3) is 4.00. The van der Waals surface area contributed by atoms with Gasteiger partial charge in [-0.2, -0.15) is 5.10 Å². The van der Waals surface area contributed by atoms with Crippen LogP contribution in [0.15, 0.2) is 29.2 Å². The third-order valence-electron chi connectivity index (χ3n) is 4.22. The van der Waals surface area contributed by atoms with E-state index in [1.54, 1.807) is 12.1 Å². The van der Waals surface area contributed by atoms with Crippen molar-refractivity contribution in [1.29, 1.82) is 0 Å². The van der Waals surface area contributed by atoms with Gasteiger partial charge < -0.3 is 0 Å². The third-order valence-corrected chi connectivity index (χ3v) is 5.69. The highest BCUT2D eigenvalue weighted by molar-refractivity contribution is 7.89. The summed E-state index contributed by atoms with van der Waals surface area (Å²) in [6.07, 6.45) is 0. The first-order chi connectivity index (χ1) is 10.7. The second-order valence-electron chi connectivity index (χ2n) is 6.14. The zero-order valence-electron chi connectivity index (χ0n) is 14.4. The Kier molecular flexibility index (Phi) is 5.26. The summed E-state index contributed by atoms with van der Waals surface area (Å²) in [6.45, 7) is 11.0. The van der Waals surface area contributed by atoms with Crippen LogP contribution in [-0.4, -0.2) is 24.7 Å². The lowest BCUT2D eigenvalue weighted by molar-refractivity contribution is 0.554. The Balaban J connectivity index is 2.02. The fraction of sp³-hybridized carbons (Fsp3) is 0.471. The monoisotopic (exact) mass is 335 g/mol. The lowest BCUT2D eigenvalue weighted by Crippen LogP contribution is -2.28. The molecule has 0 fully saturated rings. The van der Waals surface area contributed by atoms with Crippen LogP contribution in [0, 0.1) is 20.8 Å². The fourth-order valence-electron chi connectivity index (χ4n) is 2.41. The van der Waals surface area contributed by atoms with E-state index in [1.165, 1.54) is 0 Å². The van der Waals surface area contributed by atoms with Gasteiger partial charge in [0.1, 0.15) is 0 Å². The molecule has 0 aliphatic carbocycles. The van der Waals surface area contributed by atoms with Crippen molar-refractivity contribution in [2.45, 2.75) is 52.0 Å². The number of aromatic nitrogens is 2. The number of rotatable bonds is 6. The zero-order valence-corrected chi connectivity index (χ0v) is 15.2. The molecular formula is C17H25N3O2S. The van der Waals surface area contributed by atoms with E-state index in [9.17, 15) is 8.42 Å². The highest BCUT2D eigenvalue weighted by Gasteiger charge is 2.14. The predicted octanol–water partition coefficient (Wildman–Crippen LogP) is 2.91. The smallest absolute Gasteiger partial charge is 0.240 e. The van der Waals surface area contributed by atoms with Crippen molar-refractivity contribution in [3.05, 3.63) is 46.8 Å². The zero-order chi connectivity index (χ0) is 17.2. The Hall–Kier alpha value is -1.66. The van der Waals surface area contributed by atoms with Crippen molar-refractivity contribution in [2.75, 3.05) is 6.54 Å². The molecule has 1 N–H and O–H groups in total. The molecule has 0 saturated heterocycles. The van der Waals surface area contributed by atoms with Gasteiger partial charge in [0.25, 0.3) is 0 Å². The number of aryl methyl sites for hydroxylation is 1. The molecule has 0 unspecified atom stereocenters. The van der Waals surface area contributed by atoms with Crippen LogP contribution >= 0.6 is 0 Å². The van der Waals surface area contributed by atoms with Gasteiger partial charge in [-0.1, -0.05) is 26.0 Å². The van der Waals surface area contributed by atoms with Crippen molar-refractivity contribution in [3.8, 4) is 0 Å². The standard InChI is InChI=1S/C17H25N3O2S/c1-12(2)16-6-8-17(9-7-16)23(21,22)18-10-11-20-15(5)13(3)14(4)19-20/h6-9,12,18H,10-11H2,1-5H3. The number of hydrogen-bond acceptors (Lipinski definition) is 3. The van der Waals surface area contributed by atoms with Crippen LogP contribution in [0.25, 0.3) is 0 Å². The van der Waals surface area contributed by atoms with Crippen LogP contribution in [-0.2, 0) is 16.6 Å². The first-order valence-corrected chi connectivity index (χ1v) is 9.31. The fourth-order valence-corrected chi connectivity index (χ4v) is 3.43. The van der Waals surface area contributed by atoms with Gasteiger partial charge in [0.2, 0.25) is 10.0 Å². The van der Waals surface area contributed by atoms with Gasteiger partial charge in [0.05, 0.1) is 17.1 Å². The van der Waals surface area contributed by atoms with Gasteiger partial charge in [-0.25, -0.2) is 13.1 Å². The summed E-state index contributed by atoms with van der Waals surface area (Å²) in [5.41, 5.74) is 4.33. The molecule has 0 amide bonds. The quantitative estimate of drug-likeness (QED) is 0.883. The Morgan fingerprint density at radius 2 is 1.74 bits per heavy atom. The van der Waals surface area contributed by atoms with Gasteiger partial charge >= 0.3 is 0 Å². The van der Waals surface area contributed by atoms with Crippen LogP contribution in [0.3, 0.4) is 0 Å². The van der Waals surface area contributed by atoms with Crippen LogP contribution < -0.4 is 4.72 Å². The Labute approximate surface area is 138 Å². The van der Waals surface area contributed by atoms with E-state index in [-0.39, 0.29) is 0 Å². The van der Waals surface area contributed by atoms with Crippen LogP contribution in [0.5, 0.6) is 0 Å². The van der Waals surface area contributed by atoms with Gasteiger partial charge in [-0.15, -0.1) is 0 Å². The summed E-state index contributed by atoms with van der Waals surface area (Å²) in [7, 11) is -3.48. The van der Waals surface area contributed by atoms with Gasteiger partial charge in [0.15, 0.2) is 0 Å². The first-order valence-electron chi connectivity index (χ1n) is 7.82. The van der Waals surface area contributed by atoms with Crippen molar-refractivity contribution in [2.24, 2.45) is 0 Å². The van der Waals surface area contributed by atoms with E-state index < -0.39 is 10.0 Å². The second-order valence-corrected chi connectivity index (χ2v) is 7.91. The topological polar surface area (TPSA) is 64.0 Å². The lowest BCUT2D eigenvalue weighted by atomic mass is 10.0. The highest BCUT2D eigenvalue weighted by Crippen LogP contribution is 2.17. The molecule has 5 nitrogen and oxygen atoms in total. The van der Waals surface area contributed by atoms with E-state index in [4.69, 9.17) is 0 Å². The molecular weight excluding hydrogens is 310 g/mol. The number of sulfonamides is 1. The molecule has 0 spiro atoms. The van der Waals surface area contributed by atoms with Gasteiger partial charge in [0, 0.05) is 12.2 Å². The summed E-state index contributed by atoms with van der Waals surface area (Å²) >= 11 is 0. The molecule has 126 valence electrons. The molecule has 2 aromatic rings. The molecule has 6 heteroatoms. The van der Waals surface area contributed by atoms with E-state index in [2.05, 4.69) is 23.7 Å². The largest absolute Gasteiger partial charge is 0.268 e. The summed E-state index contributed by atoms with van der Waals surface area (Å²) in [5.74, 6) is 0.383. The maximum absolute atomic E-state index is 12.3. The molecule has 1 aromatic carbocycles. The van der Waals surface area contributed by atoms with Crippen molar-refractivity contribution in [1.82, 2.24) is 14.5 Å². The summed E-state index contributed by atoms with van der Waals surface area (Å²) in [4.78, 5) is 0.298. The molecule has 2 rings (SSSR count). The number of nitrogens with one attached hydrogen (secondary N) is 1. The first kappa shape index (κ1) is 17.7. The molecule has 1 aromatic heterocycles. The summed E-state index contributed by atoms with van der Waals surface area (Å²) in [5, 5.41) is 4.41. The normalized spacial score (nSPS) is 12.1. The van der Waals surface area contributed by atoms with E-state index in [1.807, 2.05) is 37.6 Å². The lowest BCUT2D eigenvalue weighted by Gasteiger charge is -2.10. The summed E-state index contributed by atoms with van der Waals surface area (Å²) < 4.78 is 29.1. The highest BCUT2D eigenvalue weighted by atomic mass is 32.2. The molecule has 0 bridgehead atoms. The molecule has 0 atom stereocenters. The average molecular weight is 335 g/mol. The second kappa shape index (κ2) is 6.84. The van der Waals surface area contributed by atoms with Gasteiger partial charge in [-0.3, -0.25) is 4.68 Å². The molecule has 0 saturated carbocycles. The number of hydrogen-bond donors (Lipinski definition) is 1. The average Bonchev–Trinajstić information content (AvgIpc) is 2.74. The maximum atomic E-state index is 12.3. The van der Waals surface area contributed by atoms with Crippen LogP contribution in [0.2, 0.25) is 0 Å². The molecule has 1 heterocycles. The molecule has 0 aliphatic heterocycles. The number of benzene rings is 1. The van der Waals surface area contributed by atoms with E-state index >= 15 is 0 Å². The van der Waals surface area contributed by atoms with Gasteiger partial charge in [-0.05, 0) is 49.9 Å². The minimum absolute atomic E-state index is 0.298. The van der Waals surface area contributed by atoms with E-state index in [0.717, 1.165) is 22.5 Å². The Morgan fingerprint density at radius 1 is 1.13 bits per heavy atom. The number of nitrogens with zero attached hydrogens (tertiary/aromatic N) is 2. The molecule has 0 aliphatic rings. The van der Waals surface area contributed by atoms with Crippen LogP contribution in [0.1, 0.15) is 42.3 Å². The van der Waals surface area contributed by atoms with Crippen molar-refractivity contribution < 1.29 is 8.42 Å². The maximum Gasteiger partial charge on any atom is 0.240 e. The molecule has 0 radical (unpaired) electrons. The van der Waals surface area contributed by atoms with Crippen molar-refractivity contribution >= 4 is 10.0 Å².